The Morgan fingerprint density at radius 1 is 1.12 bits per heavy atom. The predicted octanol–water partition coefficient (Wildman–Crippen LogP) is 0.824. The average molecular weight is 330 g/mol. The number of nitrogens with two attached hydrogens (primary N) is 1. The van der Waals surface area contributed by atoms with Crippen molar-refractivity contribution in [3.8, 4) is 0 Å². The van der Waals surface area contributed by atoms with Crippen LogP contribution in [0.2, 0.25) is 0 Å². The number of rotatable bonds is 5. The number of primary amides is 1. The van der Waals surface area contributed by atoms with Gasteiger partial charge < -0.3 is 20.9 Å². The lowest BCUT2D eigenvalue weighted by Gasteiger charge is -2.36. The van der Waals surface area contributed by atoms with Crippen molar-refractivity contribution in [1.29, 1.82) is 0 Å². The van der Waals surface area contributed by atoms with Crippen molar-refractivity contribution >= 4 is 17.5 Å². The molecule has 6 nitrogen and oxygen atoms in total. The van der Waals surface area contributed by atoms with Gasteiger partial charge in [0.05, 0.1) is 0 Å². The van der Waals surface area contributed by atoms with Crippen molar-refractivity contribution in [2.24, 2.45) is 11.7 Å². The van der Waals surface area contributed by atoms with E-state index >= 15 is 0 Å². The van der Waals surface area contributed by atoms with Gasteiger partial charge in [-0.15, -0.1) is 0 Å². The van der Waals surface area contributed by atoms with Gasteiger partial charge in [-0.2, -0.15) is 0 Å². The highest BCUT2D eigenvalue weighted by Gasteiger charge is 2.23. The van der Waals surface area contributed by atoms with Crippen LogP contribution in [-0.2, 0) is 4.79 Å². The quantitative estimate of drug-likeness (QED) is 0.838. The van der Waals surface area contributed by atoms with Crippen molar-refractivity contribution in [2.75, 3.05) is 44.2 Å². The maximum Gasteiger partial charge on any atom is 0.248 e. The van der Waals surface area contributed by atoms with E-state index < -0.39 is 5.91 Å². The second-order valence-corrected chi connectivity index (χ2v) is 6.68. The lowest BCUT2D eigenvalue weighted by molar-refractivity contribution is -0.131. The minimum atomic E-state index is -0.408. The summed E-state index contributed by atoms with van der Waals surface area (Å²) in [7, 11) is 0. The number of nitrogens with one attached hydrogen (secondary N) is 1. The Labute approximate surface area is 143 Å². The van der Waals surface area contributed by atoms with Gasteiger partial charge in [-0.1, -0.05) is 0 Å². The van der Waals surface area contributed by atoms with Gasteiger partial charge in [-0.3, -0.25) is 9.59 Å². The highest BCUT2D eigenvalue weighted by Crippen LogP contribution is 2.19. The normalized spacial score (nSPS) is 21.1. The maximum atomic E-state index is 12.4. The monoisotopic (exact) mass is 330 g/mol. The Bertz CT molecular complexity index is 573. The summed E-state index contributed by atoms with van der Waals surface area (Å²) in [5.41, 5.74) is 6.86. The SMILES string of the molecule is NC(=O)c1ccc(N2CCN(C(=O)CCC3CCNC3)CC2)cc1. The third-order valence-corrected chi connectivity index (χ3v) is 5.08. The number of benzene rings is 1. The molecule has 130 valence electrons. The lowest BCUT2D eigenvalue weighted by atomic mass is 10.0. The van der Waals surface area contributed by atoms with Gasteiger partial charge in [0.1, 0.15) is 0 Å². The average Bonchev–Trinajstić information content (AvgIpc) is 3.13. The molecule has 0 spiro atoms. The van der Waals surface area contributed by atoms with Crippen LogP contribution in [0.1, 0.15) is 29.6 Å². The molecule has 2 amide bonds. The van der Waals surface area contributed by atoms with E-state index in [0.717, 1.165) is 51.4 Å². The van der Waals surface area contributed by atoms with E-state index in [2.05, 4.69) is 10.2 Å². The summed E-state index contributed by atoms with van der Waals surface area (Å²) in [5.74, 6) is 0.541. The van der Waals surface area contributed by atoms with E-state index in [-0.39, 0.29) is 5.91 Å². The summed E-state index contributed by atoms with van der Waals surface area (Å²) in [6.45, 7) is 5.33. The Hall–Kier alpha value is -2.08. The molecular weight excluding hydrogens is 304 g/mol. The zero-order valence-electron chi connectivity index (χ0n) is 14.0. The number of nitrogens with zero attached hydrogens (tertiary/aromatic N) is 2. The smallest absolute Gasteiger partial charge is 0.248 e. The summed E-state index contributed by atoms with van der Waals surface area (Å²) in [6.07, 6.45) is 2.86. The van der Waals surface area contributed by atoms with Crippen molar-refractivity contribution in [3.05, 3.63) is 29.8 Å². The molecule has 2 aliphatic rings. The molecule has 1 unspecified atom stereocenters. The molecule has 0 bridgehead atoms. The Kier molecular flexibility index (Phi) is 5.35. The topological polar surface area (TPSA) is 78.7 Å². The number of hydrogen-bond acceptors (Lipinski definition) is 4. The fourth-order valence-corrected chi connectivity index (χ4v) is 3.50. The van der Waals surface area contributed by atoms with Gasteiger partial charge in [0, 0.05) is 43.9 Å². The Balaban J connectivity index is 1.46. The zero-order chi connectivity index (χ0) is 16.9. The number of anilines is 1. The van der Waals surface area contributed by atoms with E-state index in [9.17, 15) is 9.59 Å². The zero-order valence-corrected chi connectivity index (χ0v) is 14.0. The number of carbonyl (C=O) groups excluding carboxylic acids is 2. The van der Waals surface area contributed by atoms with E-state index in [4.69, 9.17) is 5.73 Å². The molecule has 3 rings (SSSR count). The summed E-state index contributed by atoms with van der Waals surface area (Å²) in [6, 6.07) is 7.35. The molecule has 0 saturated carbocycles. The molecule has 2 aliphatic heterocycles. The molecule has 2 heterocycles. The fraction of sp³-hybridized carbons (Fsp3) is 0.556. The maximum absolute atomic E-state index is 12.4. The predicted molar refractivity (Wildman–Crippen MR) is 94.0 cm³/mol. The molecule has 3 N–H and O–H groups in total. The first-order chi connectivity index (χ1) is 11.6. The van der Waals surface area contributed by atoms with Gasteiger partial charge in [0.25, 0.3) is 0 Å². The number of piperazine rings is 1. The third kappa shape index (κ3) is 4.06. The lowest BCUT2D eigenvalue weighted by Crippen LogP contribution is -2.48. The van der Waals surface area contributed by atoms with Crippen LogP contribution in [0.3, 0.4) is 0 Å². The van der Waals surface area contributed by atoms with Crippen molar-refractivity contribution in [1.82, 2.24) is 10.2 Å². The first kappa shape index (κ1) is 16.8. The minimum absolute atomic E-state index is 0.283. The van der Waals surface area contributed by atoms with Crippen LogP contribution < -0.4 is 16.0 Å². The summed E-state index contributed by atoms with van der Waals surface area (Å²) in [5, 5.41) is 3.35. The molecular formula is C18H26N4O2. The van der Waals surface area contributed by atoms with Crippen molar-refractivity contribution in [3.63, 3.8) is 0 Å². The molecule has 0 aromatic heterocycles. The molecule has 24 heavy (non-hydrogen) atoms. The molecule has 0 radical (unpaired) electrons. The molecule has 1 aromatic carbocycles. The molecule has 2 saturated heterocycles. The van der Waals surface area contributed by atoms with Gasteiger partial charge in [-0.05, 0) is 56.1 Å². The fourth-order valence-electron chi connectivity index (χ4n) is 3.50. The Morgan fingerprint density at radius 2 is 1.83 bits per heavy atom. The minimum Gasteiger partial charge on any atom is -0.368 e. The number of hydrogen-bond donors (Lipinski definition) is 2. The highest BCUT2D eigenvalue weighted by atomic mass is 16.2. The van der Waals surface area contributed by atoms with Gasteiger partial charge in [0.15, 0.2) is 0 Å². The number of carbonyl (C=O) groups is 2. The molecule has 2 fully saturated rings. The van der Waals surface area contributed by atoms with Crippen LogP contribution in [-0.4, -0.2) is 56.0 Å². The van der Waals surface area contributed by atoms with E-state index in [1.54, 1.807) is 12.1 Å². The second-order valence-electron chi connectivity index (χ2n) is 6.68. The molecule has 0 aliphatic carbocycles. The Morgan fingerprint density at radius 3 is 2.42 bits per heavy atom. The van der Waals surface area contributed by atoms with Gasteiger partial charge >= 0.3 is 0 Å². The van der Waals surface area contributed by atoms with Gasteiger partial charge in [0.2, 0.25) is 11.8 Å². The third-order valence-electron chi connectivity index (χ3n) is 5.08. The van der Waals surface area contributed by atoms with E-state index in [0.29, 0.717) is 17.9 Å². The van der Waals surface area contributed by atoms with Crippen LogP contribution in [0.15, 0.2) is 24.3 Å². The van der Waals surface area contributed by atoms with Crippen LogP contribution in [0, 0.1) is 5.92 Å². The standard InChI is InChI=1S/C18H26N4O2/c19-18(24)15-2-4-16(5-3-15)21-9-11-22(12-10-21)17(23)6-1-14-7-8-20-13-14/h2-5,14,20H,1,6-13H2,(H2,19,24). The number of amides is 2. The van der Waals surface area contributed by atoms with Crippen LogP contribution >= 0.6 is 0 Å². The first-order valence-electron chi connectivity index (χ1n) is 8.77. The molecule has 6 heteroatoms. The van der Waals surface area contributed by atoms with Crippen LogP contribution in [0.4, 0.5) is 5.69 Å². The van der Waals surface area contributed by atoms with Crippen LogP contribution in [0.5, 0.6) is 0 Å². The molecule has 1 aromatic rings. The molecule has 1 atom stereocenters. The van der Waals surface area contributed by atoms with Gasteiger partial charge in [-0.25, -0.2) is 0 Å². The van der Waals surface area contributed by atoms with Crippen molar-refractivity contribution in [2.45, 2.75) is 19.3 Å². The van der Waals surface area contributed by atoms with E-state index in [1.807, 2.05) is 17.0 Å². The summed E-state index contributed by atoms with van der Waals surface area (Å²) < 4.78 is 0. The second kappa shape index (κ2) is 7.66. The first-order valence-corrected chi connectivity index (χ1v) is 8.77. The highest BCUT2D eigenvalue weighted by molar-refractivity contribution is 5.93. The van der Waals surface area contributed by atoms with Crippen LogP contribution in [0.25, 0.3) is 0 Å². The van der Waals surface area contributed by atoms with Crippen molar-refractivity contribution < 1.29 is 9.59 Å². The summed E-state index contributed by atoms with van der Waals surface area (Å²) >= 11 is 0. The van der Waals surface area contributed by atoms with E-state index in [1.165, 1.54) is 6.42 Å². The summed E-state index contributed by atoms with van der Waals surface area (Å²) in [4.78, 5) is 27.7. The largest absolute Gasteiger partial charge is 0.368 e.